The van der Waals surface area contributed by atoms with Gasteiger partial charge in [-0.05, 0) is 78.9 Å². The second-order valence-corrected chi connectivity index (χ2v) is 11.9. The summed E-state index contributed by atoms with van der Waals surface area (Å²) < 4.78 is 41.6. The van der Waals surface area contributed by atoms with Crippen molar-refractivity contribution >= 4 is 52.0 Å². The summed E-state index contributed by atoms with van der Waals surface area (Å²) in [5.41, 5.74) is 1.76. The fourth-order valence-electron chi connectivity index (χ4n) is 4.64. The van der Waals surface area contributed by atoms with Gasteiger partial charge in [0.1, 0.15) is 0 Å². The van der Waals surface area contributed by atoms with E-state index in [1.54, 1.807) is 17.4 Å². The lowest BCUT2D eigenvalue weighted by Crippen LogP contribution is -2.37. The highest BCUT2D eigenvalue weighted by Crippen LogP contribution is 2.33. The maximum Gasteiger partial charge on any atom is 0.416 e. The first kappa shape index (κ1) is 28.3. The molecular weight excluding hydrogens is 525 g/mol. The largest absolute Gasteiger partial charge is 0.416 e. The third-order valence-corrected chi connectivity index (χ3v) is 8.85. The van der Waals surface area contributed by atoms with Crippen LogP contribution >= 0.6 is 22.7 Å². The molecule has 1 aromatic carbocycles. The number of carbonyl (C=O) groups is 1. The van der Waals surface area contributed by atoms with Gasteiger partial charge in [0.2, 0.25) is 0 Å². The van der Waals surface area contributed by atoms with Crippen molar-refractivity contribution in [1.82, 2.24) is 4.90 Å². The first-order valence-corrected chi connectivity index (χ1v) is 14.5. The average Bonchev–Trinajstić information content (AvgIpc) is 3.50. The molecule has 8 heteroatoms. The number of thiophene rings is 2. The normalized spacial score (nSPS) is 15.7. The molecule has 2 aromatic heterocycles. The molecule has 0 saturated carbocycles. The number of hydrogen-bond acceptors (Lipinski definition) is 4. The van der Waals surface area contributed by atoms with Crippen LogP contribution in [0.1, 0.15) is 52.4 Å². The Labute approximate surface area is 230 Å². The van der Waals surface area contributed by atoms with E-state index in [1.807, 2.05) is 19.0 Å². The predicted octanol–water partition coefficient (Wildman–Crippen LogP) is 6.67. The summed E-state index contributed by atoms with van der Waals surface area (Å²) in [7, 11) is 3.77. The van der Waals surface area contributed by atoms with Gasteiger partial charge in [-0.25, -0.2) is 0 Å². The number of fused-ring (bicyclic) bond motifs is 1. The highest BCUT2D eigenvalue weighted by atomic mass is 32.1. The second kappa shape index (κ2) is 12.0. The van der Waals surface area contributed by atoms with Crippen molar-refractivity contribution in [1.29, 1.82) is 0 Å². The van der Waals surface area contributed by atoms with Gasteiger partial charge in [-0.15, -0.1) is 22.7 Å². The van der Waals surface area contributed by atoms with Crippen LogP contribution in [0.2, 0.25) is 0 Å². The third-order valence-electron chi connectivity index (χ3n) is 6.70. The van der Waals surface area contributed by atoms with E-state index in [0.717, 1.165) is 46.7 Å². The second-order valence-electron chi connectivity index (χ2n) is 9.85. The standard InChI is InChI=1S/C30H33F3N2OS2/c1-5-8-25-24-14-13-23(26-11-7-18-37-26)20(2)12-15-27(24)38-28(25)29(36)35(17-16-34(3)4)22-10-6-9-21(19-22)30(31,32)33/h6-7,9-11,13-15,18-20H,5,8,12,16-17H2,1-4H3. The van der Waals surface area contributed by atoms with Gasteiger partial charge in [-0.3, -0.25) is 4.79 Å². The summed E-state index contributed by atoms with van der Waals surface area (Å²) in [6.07, 6.45) is 4.47. The van der Waals surface area contributed by atoms with Crippen LogP contribution in [0.5, 0.6) is 0 Å². The van der Waals surface area contributed by atoms with Crippen LogP contribution in [0.3, 0.4) is 0 Å². The Morgan fingerprint density at radius 2 is 1.89 bits per heavy atom. The number of likely N-dealkylation sites (N-methyl/N-ethyl adjacent to an activating group) is 1. The number of carbonyl (C=O) groups excluding carboxylic acids is 1. The number of hydrogen-bond donors (Lipinski definition) is 0. The van der Waals surface area contributed by atoms with Crippen molar-refractivity contribution in [2.45, 2.75) is 39.3 Å². The lowest BCUT2D eigenvalue weighted by atomic mass is 9.94. The molecule has 1 aliphatic rings. The first-order valence-electron chi connectivity index (χ1n) is 12.8. The summed E-state index contributed by atoms with van der Waals surface area (Å²) in [5.74, 6) is 0.0827. The lowest BCUT2D eigenvalue weighted by molar-refractivity contribution is -0.137. The SMILES string of the molecule is CCCc1c(C(=O)N(CCN(C)C)c2cccc(C(F)(F)F)c2)sc2c1=CC=C(c1cccs1)C(C)CC=2. The molecule has 0 aliphatic heterocycles. The molecular formula is C30H33F3N2OS2. The molecule has 3 nitrogen and oxygen atoms in total. The molecule has 0 N–H and O–H groups in total. The Morgan fingerprint density at radius 3 is 2.55 bits per heavy atom. The van der Waals surface area contributed by atoms with E-state index in [4.69, 9.17) is 0 Å². The highest BCUT2D eigenvalue weighted by Gasteiger charge is 2.32. The lowest BCUT2D eigenvalue weighted by Gasteiger charge is -2.25. The van der Waals surface area contributed by atoms with Gasteiger partial charge in [-0.2, -0.15) is 13.2 Å². The molecule has 4 rings (SSSR count). The Kier molecular flexibility index (Phi) is 8.96. The molecule has 3 aromatic rings. The van der Waals surface area contributed by atoms with Crippen LogP contribution in [0.25, 0.3) is 17.7 Å². The van der Waals surface area contributed by atoms with Crippen molar-refractivity contribution in [3.8, 4) is 0 Å². The van der Waals surface area contributed by atoms with Gasteiger partial charge in [0.05, 0.1) is 10.4 Å². The van der Waals surface area contributed by atoms with E-state index in [-0.39, 0.29) is 18.1 Å². The van der Waals surface area contributed by atoms with Gasteiger partial charge >= 0.3 is 6.18 Å². The summed E-state index contributed by atoms with van der Waals surface area (Å²) in [6, 6.07) is 9.27. The average molecular weight is 559 g/mol. The maximum absolute atomic E-state index is 14.1. The van der Waals surface area contributed by atoms with Crippen LogP contribution < -0.4 is 14.7 Å². The van der Waals surface area contributed by atoms with Crippen LogP contribution in [-0.4, -0.2) is 38.0 Å². The molecule has 38 heavy (non-hydrogen) atoms. The molecule has 1 unspecified atom stereocenters. The number of alkyl halides is 3. The predicted molar refractivity (Wildman–Crippen MR) is 154 cm³/mol. The number of halogens is 3. The Bertz CT molecular complexity index is 1420. The number of anilines is 1. The van der Waals surface area contributed by atoms with Crippen LogP contribution in [0, 0.1) is 5.92 Å². The van der Waals surface area contributed by atoms with Crippen LogP contribution in [0.15, 0.2) is 47.9 Å². The zero-order chi connectivity index (χ0) is 27.4. The number of nitrogens with zero attached hydrogens (tertiary/aromatic N) is 2. The summed E-state index contributed by atoms with van der Waals surface area (Å²) in [5, 5.41) is 3.13. The number of rotatable bonds is 8. The smallest absolute Gasteiger partial charge is 0.308 e. The topological polar surface area (TPSA) is 23.6 Å². The fraction of sp³-hybridized carbons (Fsp3) is 0.367. The van der Waals surface area contributed by atoms with E-state index in [9.17, 15) is 18.0 Å². The van der Waals surface area contributed by atoms with E-state index < -0.39 is 11.7 Å². The zero-order valence-corrected chi connectivity index (χ0v) is 23.8. The monoisotopic (exact) mass is 558 g/mol. The van der Waals surface area contributed by atoms with Crippen molar-refractivity contribution in [3.63, 3.8) is 0 Å². The molecule has 0 fully saturated rings. The van der Waals surface area contributed by atoms with E-state index >= 15 is 0 Å². The van der Waals surface area contributed by atoms with Crippen molar-refractivity contribution in [2.24, 2.45) is 5.92 Å². The number of amides is 1. The van der Waals surface area contributed by atoms with Crippen LogP contribution in [-0.2, 0) is 12.6 Å². The highest BCUT2D eigenvalue weighted by molar-refractivity contribution is 7.12. The number of allylic oxidation sites excluding steroid dienone is 2. The molecule has 0 spiro atoms. The third kappa shape index (κ3) is 6.30. The Balaban J connectivity index is 1.84. The molecule has 0 saturated heterocycles. The van der Waals surface area contributed by atoms with Gasteiger partial charge in [0, 0.05) is 28.2 Å². The first-order chi connectivity index (χ1) is 18.1. The number of benzene rings is 1. The minimum absolute atomic E-state index is 0.247. The van der Waals surface area contributed by atoms with Gasteiger partial charge < -0.3 is 9.80 Å². The van der Waals surface area contributed by atoms with E-state index in [1.165, 1.54) is 32.8 Å². The quantitative estimate of drug-likeness (QED) is 0.308. The van der Waals surface area contributed by atoms with E-state index in [0.29, 0.717) is 17.3 Å². The van der Waals surface area contributed by atoms with Crippen molar-refractivity contribution < 1.29 is 18.0 Å². The van der Waals surface area contributed by atoms with E-state index in [2.05, 4.69) is 49.6 Å². The molecule has 0 radical (unpaired) electrons. The van der Waals surface area contributed by atoms with Gasteiger partial charge in [0.15, 0.2) is 0 Å². The Morgan fingerprint density at radius 1 is 1.11 bits per heavy atom. The summed E-state index contributed by atoms with van der Waals surface area (Å²) >= 11 is 3.18. The van der Waals surface area contributed by atoms with Crippen molar-refractivity contribution in [2.75, 3.05) is 32.1 Å². The van der Waals surface area contributed by atoms with Crippen molar-refractivity contribution in [3.05, 3.63) is 78.5 Å². The van der Waals surface area contributed by atoms with Gasteiger partial charge in [-0.1, -0.05) is 50.6 Å². The minimum Gasteiger partial charge on any atom is -0.308 e. The summed E-state index contributed by atoms with van der Waals surface area (Å²) in [4.78, 5) is 19.4. The van der Waals surface area contributed by atoms with Gasteiger partial charge in [0.25, 0.3) is 5.91 Å². The maximum atomic E-state index is 14.1. The minimum atomic E-state index is -4.48. The molecule has 202 valence electrons. The summed E-state index contributed by atoms with van der Waals surface area (Å²) in [6.45, 7) is 5.10. The molecule has 1 aliphatic carbocycles. The molecule has 2 heterocycles. The fourth-order valence-corrected chi connectivity index (χ4v) is 6.74. The molecule has 0 bridgehead atoms. The zero-order valence-electron chi connectivity index (χ0n) is 22.1. The van der Waals surface area contributed by atoms with Crippen LogP contribution in [0.4, 0.5) is 18.9 Å². The Hall–Kier alpha value is -2.68. The molecule has 1 amide bonds. The molecule has 1 atom stereocenters.